The fraction of sp³-hybridized carbons (Fsp3) is 0.595. The highest BCUT2D eigenvalue weighted by Gasteiger charge is 2.39. The van der Waals surface area contributed by atoms with Gasteiger partial charge in [-0.3, -0.25) is 9.10 Å². The van der Waals surface area contributed by atoms with Gasteiger partial charge in [0.1, 0.15) is 16.7 Å². The van der Waals surface area contributed by atoms with Crippen molar-refractivity contribution in [1.82, 2.24) is 4.31 Å². The molecule has 2 heterocycles. The van der Waals surface area contributed by atoms with Gasteiger partial charge in [-0.05, 0) is 105 Å². The number of allylic oxidation sites excluding steroid dienone is 1. The number of anilines is 1. The Morgan fingerprint density at radius 2 is 1.87 bits per heavy atom. The van der Waals surface area contributed by atoms with Gasteiger partial charge in [-0.1, -0.05) is 50.1 Å². The zero-order valence-corrected chi connectivity index (χ0v) is 30.0. The summed E-state index contributed by atoms with van der Waals surface area (Å²) in [4.78, 5) is 16.1. The van der Waals surface area contributed by atoms with E-state index in [-0.39, 0.29) is 35.7 Å². The molecule has 2 aliphatic heterocycles. The fourth-order valence-corrected chi connectivity index (χ4v) is 8.28. The number of unbranched alkanes of at least 4 members (excludes halogenated alkanes) is 1. The third-order valence-corrected chi connectivity index (χ3v) is 11.9. The highest BCUT2D eigenvalue weighted by Crippen LogP contribution is 2.43. The van der Waals surface area contributed by atoms with E-state index >= 15 is 0 Å². The van der Waals surface area contributed by atoms with Crippen LogP contribution in [-0.2, 0) is 22.1 Å². The molecule has 1 amide bonds. The van der Waals surface area contributed by atoms with Gasteiger partial charge in [0.15, 0.2) is 0 Å². The predicted molar refractivity (Wildman–Crippen MR) is 189 cm³/mol. The Bertz CT molecular complexity index is 1370. The minimum Gasteiger partial charge on any atom is -0.491 e. The van der Waals surface area contributed by atoms with Crippen molar-refractivity contribution in [3.8, 4) is 5.75 Å². The first-order valence-electron chi connectivity index (χ1n) is 16.9. The fourth-order valence-electron chi connectivity index (χ4n) is 6.81. The normalized spacial score (nSPS) is 29.0. The number of nitrogens with zero attached hydrogens (tertiary/aromatic N) is 2. The van der Waals surface area contributed by atoms with Crippen LogP contribution in [0.2, 0.25) is 5.02 Å². The Kier molecular flexibility index (Phi) is 13.6. The molecule has 1 fully saturated rings. The summed E-state index contributed by atoms with van der Waals surface area (Å²) in [5.41, 5.74) is 4.04. The van der Waals surface area contributed by atoms with E-state index in [1.165, 1.54) is 15.4 Å². The zero-order valence-electron chi connectivity index (χ0n) is 28.4. The van der Waals surface area contributed by atoms with Crippen molar-refractivity contribution in [1.29, 1.82) is 0 Å². The van der Waals surface area contributed by atoms with Crippen molar-refractivity contribution < 1.29 is 23.6 Å². The molecule has 3 aliphatic rings. The number of aliphatic hydroxyl groups excluding tert-OH is 1. The summed E-state index contributed by atoms with van der Waals surface area (Å²) < 4.78 is 27.4. The molecule has 46 heavy (non-hydrogen) atoms. The number of ether oxygens (including phenoxy) is 2. The Hall–Kier alpha value is -2.39. The van der Waals surface area contributed by atoms with Crippen LogP contribution in [0.5, 0.6) is 5.75 Å². The number of hydrogen-bond donors (Lipinski definition) is 1. The van der Waals surface area contributed by atoms with Crippen molar-refractivity contribution >= 4 is 34.2 Å². The molecular weight excluding hydrogens is 620 g/mol. The number of aryl methyl sites for hydroxylation is 1. The van der Waals surface area contributed by atoms with Crippen LogP contribution < -0.4 is 9.64 Å². The van der Waals surface area contributed by atoms with Gasteiger partial charge in [0.25, 0.3) is 5.91 Å². The van der Waals surface area contributed by atoms with Crippen molar-refractivity contribution in [2.75, 3.05) is 45.4 Å². The molecule has 7 unspecified atom stereocenters. The van der Waals surface area contributed by atoms with Gasteiger partial charge < -0.3 is 19.5 Å². The standard InChI is InChI=1S/C35H47ClN2O4S.C2H6O/c1-6-7-10-25-18-29(36)14-16-30(25)28-21-38-20-27-12-15-31(27)33(41-5)11-8-9-23(2)24(3)43(40)37(4)35(39)26-13-17-34(42-22-28)32(38)19-26;1-2-3/h8,11,13-14,16-19,23-24,27-28,31,33H,6-7,9-10,12,15,20-22H2,1-5H3;3H,2H2,1H3/b11-8+;. The molecule has 2 aromatic carbocycles. The zero-order chi connectivity index (χ0) is 33.4. The van der Waals surface area contributed by atoms with Crippen LogP contribution in [0.4, 0.5) is 5.69 Å². The Labute approximate surface area is 283 Å². The molecule has 0 saturated heterocycles. The van der Waals surface area contributed by atoms with E-state index in [1.807, 2.05) is 31.2 Å². The van der Waals surface area contributed by atoms with Gasteiger partial charge in [-0.25, -0.2) is 4.21 Å². The topological polar surface area (TPSA) is 79.3 Å². The largest absolute Gasteiger partial charge is 0.491 e. The number of rotatable bonds is 5. The molecule has 254 valence electrons. The molecule has 0 spiro atoms. The molecule has 0 aromatic heterocycles. The molecule has 1 saturated carbocycles. The smallest absolute Gasteiger partial charge is 0.265 e. The monoisotopic (exact) mass is 672 g/mol. The summed E-state index contributed by atoms with van der Waals surface area (Å²) in [6, 6.07) is 12.0. The number of carbonyl (C=O) groups is 1. The van der Waals surface area contributed by atoms with E-state index in [1.54, 1.807) is 21.1 Å². The number of amides is 1. The van der Waals surface area contributed by atoms with E-state index in [9.17, 15) is 9.00 Å². The van der Waals surface area contributed by atoms with E-state index in [0.29, 0.717) is 24.0 Å². The van der Waals surface area contributed by atoms with Crippen LogP contribution in [-0.4, -0.2) is 71.3 Å². The summed E-state index contributed by atoms with van der Waals surface area (Å²) in [6.45, 7) is 10.4. The predicted octanol–water partition coefficient (Wildman–Crippen LogP) is 7.43. The molecule has 5 rings (SSSR count). The molecule has 1 aliphatic carbocycles. The average Bonchev–Trinajstić information content (AvgIpc) is 3.22. The van der Waals surface area contributed by atoms with Crippen molar-refractivity contribution in [3.63, 3.8) is 0 Å². The maximum absolute atomic E-state index is 13.7. The number of hydrogen-bond acceptors (Lipinski definition) is 6. The van der Waals surface area contributed by atoms with Gasteiger partial charge in [0.05, 0.1) is 23.6 Å². The van der Waals surface area contributed by atoms with Gasteiger partial charge in [-0.15, -0.1) is 0 Å². The van der Waals surface area contributed by atoms with Crippen LogP contribution in [0.25, 0.3) is 0 Å². The van der Waals surface area contributed by atoms with Crippen LogP contribution in [0, 0.1) is 17.8 Å². The number of carbonyl (C=O) groups excluding carboxylic acids is 1. The summed E-state index contributed by atoms with van der Waals surface area (Å²) in [5, 5.41) is 8.16. The van der Waals surface area contributed by atoms with Crippen molar-refractivity contribution in [3.05, 3.63) is 70.3 Å². The molecule has 9 heteroatoms. The van der Waals surface area contributed by atoms with Crippen LogP contribution in [0.3, 0.4) is 0 Å². The summed E-state index contributed by atoms with van der Waals surface area (Å²) in [6.07, 6.45) is 10.7. The molecule has 1 N–H and O–H groups in total. The molecule has 2 aromatic rings. The Morgan fingerprint density at radius 3 is 2.54 bits per heavy atom. The second-order valence-electron chi connectivity index (χ2n) is 13.0. The first kappa shape index (κ1) is 36.4. The quantitative estimate of drug-likeness (QED) is 0.333. The first-order valence-corrected chi connectivity index (χ1v) is 18.5. The molecule has 0 radical (unpaired) electrons. The SMILES string of the molecule is CCCCc1cc(Cl)ccc1C1COc2ccc3cc2N(C1)CC1CCC1C(OC)/C=C/CC(C)C(C)S(=O)N(C)C3=O.CCO. The lowest BCUT2D eigenvalue weighted by atomic mass is 9.70. The molecular formula is C37H53ClN2O5S. The van der Waals surface area contributed by atoms with Crippen molar-refractivity contribution in [2.45, 2.75) is 83.5 Å². The minimum absolute atomic E-state index is 0.0469. The highest BCUT2D eigenvalue weighted by molar-refractivity contribution is 7.83. The number of fused-ring (bicyclic) bond motifs is 2. The second-order valence-corrected chi connectivity index (χ2v) is 15.3. The van der Waals surface area contributed by atoms with Gasteiger partial charge in [-0.2, -0.15) is 0 Å². The van der Waals surface area contributed by atoms with Crippen LogP contribution in [0.1, 0.15) is 87.2 Å². The van der Waals surface area contributed by atoms with E-state index in [2.05, 4.69) is 43.0 Å². The van der Waals surface area contributed by atoms with E-state index in [4.69, 9.17) is 26.2 Å². The summed E-state index contributed by atoms with van der Waals surface area (Å²) in [7, 11) is 1.99. The Balaban J connectivity index is 0.00000154. The molecule has 2 bridgehead atoms. The number of aliphatic hydroxyl groups is 1. The number of halogens is 1. The summed E-state index contributed by atoms with van der Waals surface area (Å²) >= 11 is 6.46. The molecule has 7 atom stereocenters. The van der Waals surface area contributed by atoms with Gasteiger partial charge >= 0.3 is 0 Å². The van der Waals surface area contributed by atoms with Gasteiger partial charge in [0, 0.05) is 50.4 Å². The molecule has 7 nitrogen and oxygen atoms in total. The minimum atomic E-state index is -1.46. The lowest BCUT2D eigenvalue weighted by Gasteiger charge is -2.43. The highest BCUT2D eigenvalue weighted by atomic mass is 35.5. The third kappa shape index (κ3) is 8.55. The van der Waals surface area contributed by atoms with Gasteiger partial charge in [0.2, 0.25) is 0 Å². The third-order valence-electron chi connectivity index (χ3n) is 9.91. The second kappa shape index (κ2) is 17.1. The van der Waals surface area contributed by atoms with E-state index < -0.39 is 11.0 Å². The Morgan fingerprint density at radius 1 is 1.11 bits per heavy atom. The summed E-state index contributed by atoms with van der Waals surface area (Å²) in [5.74, 6) is 1.74. The lowest BCUT2D eigenvalue weighted by Crippen LogP contribution is -2.44. The number of methoxy groups -OCH3 is 1. The first-order chi connectivity index (χ1) is 22.1. The lowest BCUT2D eigenvalue weighted by molar-refractivity contribution is 0.0134. The van der Waals surface area contributed by atoms with E-state index in [0.717, 1.165) is 68.1 Å². The van der Waals surface area contributed by atoms with Crippen molar-refractivity contribution in [2.24, 2.45) is 17.8 Å². The number of benzene rings is 2. The van der Waals surface area contributed by atoms with Crippen LogP contribution >= 0.6 is 11.6 Å². The van der Waals surface area contributed by atoms with Crippen LogP contribution in [0.15, 0.2) is 48.6 Å². The maximum atomic E-state index is 13.7. The maximum Gasteiger partial charge on any atom is 0.265 e. The average molecular weight is 673 g/mol.